The summed E-state index contributed by atoms with van der Waals surface area (Å²) in [7, 11) is 0. The van der Waals surface area contributed by atoms with Gasteiger partial charge in [0.15, 0.2) is 0 Å². The molecule has 0 unspecified atom stereocenters. The number of halogens is 2. The Kier molecular flexibility index (Phi) is 7.92. The van der Waals surface area contributed by atoms with E-state index in [1.165, 1.54) is 12.3 Å². The van der Waals surface area contributed by atoms with Gasteiger partial charge in [-0.25, -0.2) is 0 Å². The van der Waals surface area contributed by atoms with Gasteiger partial charge in [-0.3, -0.25) is 19.5 Å². The lowest BCUT2D eigenvalue weighted by Gasteiger charge is -2.34. The van der Waals surface area contributed by atoms with E-state index in [4.69, 9.17) is 23.2 Å². The maximum absolute atomic E-state index is 12.9. The van der Waals surface area contributed by atoms with Crippen molar-refractivity contribution in [3.05, 3.63) is 82.6 Å². The molecule has 2 aromatic carbocycles. The summed E-state index contributed by atoms with van der Waals surface area (Å²) in [5.74, 6) is -1.16. The molecule has 1 fully saturated rings. The first-order chi connectivity index (χ1) is 17.4. The maximum atomic E-state index is 12.9. The summed E-state index contributed by atoms with van der Waals surface area (Å²) in [6.07, 6.45) is 4.07. The third kappa shape index (κ3) is 5.87. The van der Waals surface area contributed by atoms with E-state index in [0.717, 1.165) is 31.6 Å². The molecule has 2 heterocycles. The SMILES string of the molecule is C=CC(=O)Nc1ccc(N2CCC(NC(=O)c3[nH]ncc3NC(=O)c3c(Cl)cccc3Cl)CC2)cc1. The zero-order valence-electron chi connectivity index (χ0n) is 19.2. The topological polar surface area (TPSA) is 119 Å². The number of piperidine rings is 1. The summed E-state index contributed by atoms with van der Waals surface area (Å²) in [6.45, 7) is 4.95. The molecule has 186 valence electrons. The second kappa shape index (κ2) is 11.3. The average molecular weight is 527 g/mol. The van der Waals surface area contributed by atoms with Gasteiger partial charge in [-0.2, -0.15) is 5.10 Å². The number of hydrogen-bond donors (Lipinski definition) is 4. The van der Waals surface area contributed by atoms with Crippen LogP contribution >= 0.6 is 23.2 Å². The van der Waals surface area contributed by atoms with Crippen LogP contribution in [0, 0.1) is 0 Å². The highest BCUT2D eigenvalue weighted by atomic mass is 35.5. The number of benzene rings is 2. The van der Waals surface area contributed by atoms with Crippen LogP contribution in [0.1, 0.15) is 33.7 Å². The van der Waals surface area contributed by atoms with Crippen molar-refractivity contribution in [3.8, 4) is 0 Å². The number of aromatic amines is 1. The molecule has 0 radical (unpaired) electrons. The van der Waals surface area contributed by atoms with Crippen molar-refractivity contribution in [2.45, 2.75) is 18.9 Å². The number of aromatic nitrogens is 2. The third-order valence-corrected chi connectivity index (χ3v) is 6.45. The van der Waals surface area contributed by atoms with Crippen molar-refractivity contribution in [3.63, 3.8) is 0 Å². The molecule has 1 aliphatic heterocycles. The van der Waals surface area contributed by atoms with Crippen molar-refractivity contribution in [2.24, 2.45) is 0 Å². The zero-order valence-corrected chi connectivity index (χ0v) is 20.7. The summed E-state index contributed by atoms with van der Waals surface area (Å²) < 4.78 is 0. The highest BCUT2D eigenvalue weighted by Gasteiger charge is 2.24. The van der Waals surface area contributed by atoms with Gasteiger partial charge in [0.1, 0.15) is 5.69 Å². The molecule has 1 saturated heterocycles. The summed E-state index contributed by atoms with van der Waals surface area (Å²) in [5.41, 5.74) is 2.23. The smallest absolute Gasteiger partial charge is 0.271 e. The van der Waals surface area contributed by atoms with E-state index in [2.05, 4.69) is 37.6 Å². The van der Waals surface area contributed by atoms with Crippen LogP contribution in [0.5, 0.6) is 0 Å². The normalized spacial score (nSPS) is 13.7. The molecule has 0 aliphatic carbocycles. The van der Waals surface area contributed by atoms with Crippen LogP contribution in [-0.2, 0) is 4.79 Å². The Morgan fingerprint density at radius 1 is 1.00 bits per heavy atom. The van der Waals surface area contributed by atoms with Crippen molar-refractivity contribution in [1.29, 1.82) is 0 Å². The van der Waals surface area contributed by atoms with E-state index in [-0.39, 0.29) is 44.8 Å². The van der Waals surface area contributed by atoms with Gasteiger partial charge in [0.2, 0.25) is 5.91 Å². The largest absolute Gasteiger partial charge is 0.371 e. The van der Waals surface area contributed by atoms with E-state index >= 15 is 0 Å². The first kappa shape index (κ1) is 25.3. The van der Waals surface area contributed by atoms with E-state index in [1.807, 2.05) is 24.3 Å². The summed E-state index contributed by atoms with van der Waals surface area (Å²) in [4.78, 5) is 39.3. The molecule has 0 atom stereocenters. The molecular formula is C25H24Cl2N6O3. The van der Waals surface area contributed by atoms with E-state index in [9.17, 15) is 14.4 Å². The number of nitrogens with one attached hydrogen (secondary N) is 4. The molecule has 3 aromatic rings. The molecule has 36 heavy (non-hydrogen) atoms. The van der Waals surface area contributed by atoms with E-state index in [0.29, 0.717) is 5.69 Å². The predicted octanol–water partition coefficient (Wildman–Crippen LogP) is 4.49. The lowest BCUT2D eigenvalue weighted by atomic mass is 10.0. The van der Waals surface area contributed by atoms with Gasteiger partial charge in [0, 0.05) is 30.5 Å². The molecule has 1 aliphatic rings. The van der Waals surface area contributed by atoms with Crippen LogP contribution in [-0.4, -0.2) is 47.1 Å². The van der Waals surface area contributed by atoms with Crippen LogP contribution in [0.15, 0.2) is 61.3 Å². The van der Waals surface area contributed by atoms with Crippen molar-refractivity contribution < 1.29 is 14.4 Å². The maximum Gasteiger partial charge on any atom is 0.271 e. The lowest BCUT2D eigenvalue weighted by molar-refractivity contribution is -0.111. The molecule has 4 N–H and O–H groups in total. The number of anilines is 3. The second-order valence-electron chi connectivity index (χ2n) is 8.18. The number of nitrogens with zero attached hydrogens (tertiary/aromatic N) is 2. The highest BCUT2D eigenvalue weighted by Crippen LogP contribution is 2.26. The van der Waals surface area contributed by atoms with Gasteiger partial charge >= 0.3 is 0 Å². The number of carbonyl (C=O) groups excluding carboxylic acids is 3. The Morgan fingerprint density at radius 3 is 2.31 bits per heavy atom. The molecule has 0 saturated carbocycles. The van der Waals surface area contributed by atoms with Crippen LogP contribution in [0.2, 0.25) is 10.0 Å². The van der Waals surface area contributed by atoms with Gasteiger partial charge < -0.3 is 20.9 Å². The fourth-order valence-electron chi connectivity index (χ4n) is 3.94. The van der Waals surface area contributed by atoms with Crippen LogP contribution in [0.4, 0.5) is 17.1 Å². The Morgan fingerprint density at radius 2 is 1.67 bits per heavy atom. The highest BCUT2D eigenvalue weighted by molar-refractivity contribution is 6.40. The summed E-state index contributed by atoms with van der Waals surface area (Å²) >= 11 is 12.2. The Hall–Kier alpha value is -3.82. The van der Waals surface area contributed by atoms with Gasteiger partial charge in [-0.1, -0.05) is 35.8 Å². The quantitative estimate of drug-likeness (QED) is 0.338. The van der Waals surface area contributed by atoms with Crippen molar-refractivity contribution in [1.82, 2.24) is 15.5 Å². The lowest BCUT2D eigenvalue weighted by Crippen LogP contribution is -2.45. The molecule has 4 rings (SSSR count). The molecule has 0 spiro atoms. The molecular weight excluding hydrogens is 503 g/mol. The minimum absolute atomic E-state index is 0.0373. The number of H-pyrrole nitrogens is 1. The second-order valence-corrected chi connectivity index (χ2v) is 9.00. The summed E-state index contributed by atoms with van der Waals surface area (Å²) in [6, 6.07) is 12.3. The average Bonchev–Trinajstić information content (AvgIpc) is 3.33. The van der Waals surface area contributed by atoms with Crippen molar-refractivity contribution in [2.75, 3.05) is 28.6 Å². The van der Waals surface area contributed by atoms with Gasteiger partial charge in [-0.05, 0) is 55.3 Å². The van der Waals surface area contributed by atoms with Crippen LogP contribution in [0.25, 0.3) is 0 Å². The minimum Gasteiger partial charge on any atom is -0.371 e. The fourth-order valence-corrected chi connectivity index (χ4v) is 4.51. The minimum atomic E-state index is -0.538. The molecule has 9 nitrogen and oxygen atoms in total. The molecule has 0 bridgehead atoms. The predicted molar refractivity (Wildman–Crippen MR) is 141 cm³/mol. The first-order valence-corrected chi connectivity index (χ1v) is 12.0. The third-order valence-electron chi connectivity index (χ3n) is 5.82. The van der Waals surface area contributed by atoms with Crippen molar-refractivity contribution >= 4 is 58.0 Å². The number of carbonyl (C=O) groups is 3. The van der Waals surface area contributed by atoms with E-state index < -0.39 is 5.91 Å². The van der Waals surface area contributed by atoms with Crippen LogP contribution in [0.3, 0.4) is 0 Å². The number of hydrogen-bond acceptors (Lipinski definition) is 5. The number of amides is 3. The molecule has 3 amide bonds. The van der Waals surface area contributed by atoms with Gasteiger partial charge in [0.05, 0.1) is 27.5 Å². The van der Waals surface area contributed by atoms with Crippen LogP contribution < -0.4 is 20.9 Å². The van der Waals surface area contributed by atoms with Gasteiger partial charge in [-0.15, -0.1) is 0 Å². The Labute approximate surface area is 217 Å². The number of rotatable bonds is 7. The standard InChI is InChI=1S/C25H24Cl2N6O3/c1-2-21(34)29-15-6-8-17(9-7-15)33-12-10-16(11-13-33)30-25(36)23-20(14-28-32-23)31-24(35)22-18(26)4-3-5-19(22)27/h2-9,14,16H,1,10-13H2,(H,28,32)(H,29,34)(H,30,36)(H,31,35). The van der Waals surface area contributed by atoms with Gasteiger partial charge in [0.25, 0.3) is 11.8 Å². The summed E-state index contributed by atoms with van der Waals surface area (Å²) in [5, 5.41) is 15.4. The zero-order chi connectivity index (χ0) is 25.7. The Balaban J connectivity index is 1.32. The fraction of sp³-hybridized carbons (Fsp3) is 0.200. The first-order valence-electron chi connectivity index (χ1n) is 11.2. The van der Waals surface area contributed by atoms with E-state index in [1.54, 1.807) is 18.2 Å². The molecule has 11 heteroatoms. The molecule has 1 aromatic heterocycles. The monoisotopic (exact) mass is 526 g/mol. The Bertz CT molecular complexity index is 1260.